The molecular weight excluding hydrogens is 270 g/mol. The molecule has 0 aliphatic heterocycles. The lowest BCUT2D eigenvalue weighted by molar-refractivity contribution is 0.0177. The minimum absolute atomic E-state index is 0.166. The molecule has 0 spiro atoms. The highest BCUT2D eigenvalue weighted by Crippen LogP contribution is 2.23. The van der Waals surface area contributed by atoms with Crippen LogP contribution in [0, 0.1) is 0 Å². The van der Waals surface area contributed by atoms with E-state index < -0.39 is 5.60 Å². The van der Waals surface area contributed by atoms with E-state index >= 15 is 0 Å². The van der Waals surface area contributed by atoms with Crippen LogP contribution in [0.5, 0.6) is 0 Å². The van der Waals surface area contributed by atoms with Crippen LogP contribution in [0.2, 0.25) is 0 Å². The van der Waals surface area contributed by atoms with Crippen LogP contribution in [-0.2, 0) is 4.74 Å². The van der Waals surface area contributed by atoms with Crippen molar-refractivity contribution in [2.45, 2.75) is 64.1 Å². The van der Waals surface area contributed by atoms with Crippen LogP contribution in [0.4, 0.5) is 4.79 Å². The smallest absolute Gasteiger partial charge is 0.407 e. The number of nitrogens with zero attached hydrogens (tertiary/aromatic N) is 3. The topological polar surface area (TPSA) is 83.2 Å². The van der Waals surface area contributed by atoms with Gasteiger partial charge in [0, 0.05) is 26.2 Å². The maximum Gasteiger partial charge on any atom is 0.407 e. The van der Waals surface area contributed by atoms with Gasteiger partial charge in [0.15, 0.2) is 0 Å². The van der Waals surface area contributed by atoms with Crippen LogP contribution in [0.3, 0.4) is 0 Å². The predicted molar refractivity (Wildman–Crippen MR) is 83.6 cm³/mol. The highest BCUT2D eigenvalue weighted by molar-refractivity contribution is 5.68. The van der Waals surface area contributed by atoms with E-state index in [1.54, 1.807) is 25.6 Å². The number of carbonyl (C=O) groups is 1. The third-order valence-corrected chi connectivity index (χ3v) is 3.39. The molecule has 7 heteroatoms. The third kappa shape index (κ3) is 6.31. The zero-order valence-electron chi connectivity index (χ0n) is 13.8. The van der Waals surface area contributed by atoms with E-state index in [2.05, 4.69) is 10.3 Å². The monoisotopic (exact) mass is 299 g/mol. The van der Waals surface area contributed by atoms with Gasteiger partial charge in [-0.15, -0.1) is 0 Å². The first-order valence-corrected chi connectivity index (χ1v) is 7.41. The van der Waals surface area contributed by atoms with Crippen molar-refractivity contribution in [2.24, 2.45) is 10.8 Å². The normalized spacial score (nSPS) is 23.4. The van der Waals surface area contributed by atoms with E-state index in [1.807, 2.05) is 25.8 Å². The fourth-order valence-corrected chi connectivity index (χ4v) is 2.51. The number of carbonyl (C=O) groups excluding carboxylic acids is 1. The summed E-state index contributed by atoms with van der Waals surface area (Å²) < 4.78 is 5.28. The van der Waals surface area contributed by atoms with Crippen LogP contribution < -0.4 is 11.2 Å². The zero-order valence-corrected chi connectivity index (χ0v) is 13.8. The number of hydrogen-bond donors (Lipinski definition) is 2. The van der Waals surface area contributed by atoms with Crippen molar-refractivity contribution in [2.75, 3.05) is 14.1 Å². The van der Waals surface area contributed by atoms with Crippen molar-refractivity contribution >= 4 is 12.4 Å². The highest BCUT2D eigenvalue weighted by atomic mass is 16.6. The zero-order chi connectivity index (χ0) is 16.0. The molecule has 7 nitrogen and oxygen atoms in total. The lowest BCUT2D eigenvalue weighted by Gasteiger charge is -2.38. The second-order valence-corrected chi connectivity index (χ2v) is 6.48. The molecule has 3 N–H and O–H groups in total. The fraction of sp³-hybridized carbons (Fsp3) is 0.857. The summed E-state index contributed by atoms with van der Waals surface area (Å²) in [5, 5.41) is 6.43. The van der Waals surface area contributed by atoms with Crippen LogP contribution in [-0.4, -0.2) is 54.3 Å². The van der Waals surface area contributed by atoms with E-state index in [1.165, 1.54) is 0 Å². The summed E-state index contributed by atoms with van der Waals surface area (Å²) in [6.45, 7) is 5.59. The fourth-order valence-electron chi connectivity index (χ4n) is 2.51. The van der Waals surface area contributed by atoms with Crippen molar-refractivity contribution in [3.05, 3.63) is 0 Å². The maximum absolute atomic E-state index is 11.8. The van der Waals surface area contributed by atoms with Gasteiger partial charge >= 0.3 is 6.09 Å². The van der Waals surface area contributed by atoms with Crippen LogP contribution in [0.15, 0.2) is 4.99 Å². The summed E-state index contributed by atoms with van der Waals surface area (Å²) in [5.74, 6) is 5.82. The summed E-state index contributed by atoms with van der Waals surface area (Å²) >= 11 is 0. The lowest BCUT2D eigenvalue weighted by atomic mass is 9.91. The molecule has 1 rings (SSSR count). The van der Waals surface area contributed by atoms with Gasteiger partial charge in [-0.2, -0.15) is 5.12 Å². The Bertz CT molecular complexity index is 357. The molecular formula is C14H29N5O2. The Morgan fingerprint density at radius 3 is 2.33 bits per heavy atom. The molecule has 1 fully saturated rings. The summed E-state index contributed by atoms with van der Waals surface area (Å²) in [6, 6.07) is 0.486. The summed E-state index contributed by atoms with van der Waals surface area (Å²) in [6.07, 6.45) is 5.13. The summed E-state index contributed by atoms with van der Waals surface area (Å²) in [4.78, 5) is 15.8. The molecule has 1 amide bonds. The van der Waals surface area contributed by atoms with Gasteiger partial charge in [-0.25, -0.2) is 4.79 Å². The molecule has 1 saturated carbocycles. The first-order valence-electron chi connectivity index (χ1n) is 7.41. The molecule has 0 saturated heterocycles. The second kappa shape index (κ2) is 7.61. The number of nitrogens with one attached hydrogen (secondary N) is 1. The minimum atomic E-state index is -0.460. The molecule has 0 atom stereocenters. The van der Waals surface area contributed by atoms with Crippen molar-refractivity contribution in [3.8, 4) is 0 Å². The number of nitrogens with two attached hydrogens (primary N) is 1. The molecule has 0 radical (unpaired) electrons. The number of amides is 1. The molecule has 0 unspecified atom stereocenters. The molecule has 0 aromatic heterocycles. The van der Waals surface area contributed by atoms with E-state index in [4.69, 9.17) is 10.6 Å². The highest BCUT2D eigenvalue weighted by Gasteiger charge is 2.28. The van der Waals surface area contributed by atoms with Crippen molar-refractivity contribution in [1.82, 2.24) is 15.4 Å². The number of ether oxygens (including phenoxy) is 1. The predicted octanol–water partition coefficient (Wildman–Crippen LogP) is 1.50. The van der Waals surface area contributed by atoms with Gasteiger partial charge in [0.1, 0.15) is 11.9 Å². The average molecular weight is 299 g/mol. The van der Waals surface area contributed by atoms with Gasteiger partial charge in [0.25, 0.3) is 0 Å². The first kappa shape index (κ1) is 17.7. The van der Waals surface area contributed by atoms with Gasteiger partial charge in [-0.1, -0.05) is 0 Å². The Labute approximate surface area is 127 Å². The van der Waals surface area contributed by atoms with Gasteiger partial charge in [0.2, 0.25) is 0 Å². The Hall–Kier alpha value is -1.34. The average Bonchev–Trinajstić information content (AvgIpc) is 2.34. The molecule has 1 aliphatic carbocycles. The van der Waals surface area contributed by atoms with Crippen molar-refractivity contribution < 1.29 is 9.53 Å². The standard InChI is InChI=1S/C14H29N5O2/c1-14(2,3)21-13(20)17-11-6-8-12(9-7-11)19(10-16-4)18(5)15/h10-12H,6-9,15H2,1-5H3,(H,17,20). The largest absolute Gasteiger partial charge is 0.444 e. The molecule has 0 heterocycles. The van der Waals surface area contributed by atoms with Crippen LogP contribution in [0.1, 0.15) is 46.5 Å². The van der Waals surface area contributed by atoms with E-state index in [-0.39, 0.29) is 12.1 Å². The van der Waals surface area contributed by atoms with E-state index in [0.29, 0.717) is 6.04 Å². The summed E-state index contributed by atoms with van der Waals surface area (Å²) in [5.41, 5.74) is -0.460. The Kier molecular flexibility index (Phi) is 6.42. The first-order chi connectivity index (χ1) is 9.73. The molecule has 21 heavy (non-hydrogen) atoms. The van der Waals surface area contributed by atoms with Crippen LogP contribution >= 0.6 is 0 Å². The second-order valence-electron chi connectivity index (χ2n) is 6.48. The van der Waals surface area contributed by atoms with Gasteiger partial charge < -0.3 is 10.1 Å². The van der Waals surface area contributed by atoms with Crippen molar-refractivity contribution in [1.29, 1.82) is 0 Å². The molecule has 0 bridgehead atoms. The minimum Gasteiger partial charge on any atom is -0.444 e. The number of alkyl carbamates (subject to hydrolysis) is 1. The number of aliphatic imine (C=N–C) groups is 1. The lowest BCUT2D eigenvalue weighted by Crippen LogP contribution is -2.52. The Morgan fingerprint density at radius 2 is 1.90 bits per heavy atom. The molecule has 0 aromatic rings. The Morgan fingerprint density at radius 1 is 1.33 bits per heavy atom. The van der Waals surface area contributed by atoms with Gasteiger partial charge in [-0.05, 0) is 46.5 Å². The third-order valence-electron chi connectivity index (χ3n) is 3.39. The Balaban J connectivity index is 2.43. The maximum atomic E-state index is 11.8. The van der Waals surface area contributed by atoms with Crippen molar-refractivity contribution in [3.63, 3.8) is 0 Å². The van der Waals surface area contributed by atoms with Gasteiger partial charge in [0.05, 0.1) is 0 Å². The number of rotatable bonds is 4. The van der Waals surface area contributed by atoms with Gasteiger partial charge in [-0.3, -0.25) is 15.8 Å². The molecule has 122 valence electrons. The van der Waals surface area contributed by atoms with E-state index in [0.717, 1.165) is 25.7 Å². The SMILES string of the molecule is CN=CN(C1CCC(NC(=O)OC(C)(C)C)CC1)N(C)N. The number of hydrogen-bond acceptors (Lipinski definition) is 5. The van der Waals surface area contributed by atoms with E-state index in [9.17, 15) is 4.79 Å². The quantitative estimate of drug-likeness (QED) is 0.356. The number of hydrazine groups is 2. The summed E-state index contributed by atoms with van der Waals surface area (Å²) in [7, 11) is 3.53. The molecule has 0 aromatic carbocycles. The van der Waals surface area contributed by atoms with Crippen LogP contribution in [0.25, 0.3) is 0 Å². The molecule has 1 aliphatic rings.